The van der Waals surface area contributed by atoms with E-state index in [4.69, 9.17) is 0 Å². The van der Waals surface area contributed by atoms with Crippen LogP contribution >= 0.6 is 0 Å². The number of H-pyrrole nitrogens is 2. The molecule has 0 saturated carbocycles. The van der Waals surface area contributed by atoms with Gasteiger partial charge in [-0.15, -0.1) is 21.5 Å². The van der Waals surface area contributed by atoms with E-state index in [2.05, 4.69) is 16.3 Å². The maximum absolute atomic E-state index is 14.6. The van der Waals surface area contributed by atoms with Gasteiger partial charge in [0.2, 0.25) is 5.69 Å². The quantitative estimate of drug-likeness (QED) is 0.139. The van der Waals surface area contributed by atoms with Crippen LogP contribution < -0.4 is 21.5 Å². The second-order valence-electron chi connectivity index (χ2n) is 9.01. The lowest BCUT2D eigenvalue weighted by Crippen LogP contribution is -2.71. The zero-order valence-electron chi connectivity index (χ0n) is 20.8. The van der Waals surface area contributed by atoms with E-state index < -0.39 is 110 Å². The van der Waals surface area contributed by atoms with Gasteiger partial charge in [0.1, 0.15) is 41.0 Å². The second-order valence-corrected chi connectivity index (χ2v) is 9.01. The number of benzene rings is 3. The third-order valence-corrected chi connectivity index (χ3v) is 6.35. The summed E-state index contributed by atoms with van der Waals surface area (Å²) in [6, 6.07) is 2.06. The molecule has 226 valence electrons. The van der Waals surface area contributed by atoms with Crippen LogP contribution in [0.5, 0.6) is 0 Å². The van der Waals surface area contributed by atoms with Crippen molar-refractivity contribution in [3.8, 4) is 0 Å². The van der Waals surface area contributed by atoms with Gasteiger partial charge in [0, 0.05) is 13.0 Å². The molecule has 4 aromatic rings. The Labute approximate surface area is 224 Å². The summed E-state index contributed by atoms with van der Waals surface area (Å²) in [5.74, 6) is -45.1. The fourth-order valence-corrected chi connectivity index (χ4v) is 4.41. The SMILES string of the molecule is C[B-](c1c(F)c(F)c(F)c(F)c1F)(c1c(F)c(F)c(F)c(F)c1F)c1c(F)c(F)c(F)c(F)c1F.Cc1cc(C)[nH+][nH]1. The van der Waals surface area contributed by atoms with E-state index >= 15 is 0 Å². The van der Waals surface area contributed by atoms with Crippen LogP contribution in [0.15, 0.2) is 6.07 Å². The Kier molecular flexibility index (Phi) is 8.70. The van der Waals surface area contributed by atoms with Crippen molar-refractivity contribution in [2.45, 2.75) is 20.7 Å². The summed E-state index contributed by atoms with van der Waals surface area (Å²) in [4.78, 5) is 0. The summed E-state index contributed by atoms with van der Waals surface area (Å²) in [5.41, 5.74) is -5.54. The highest BCUT2D eigenvalue weighted by atomic mass is 19.2. The molecule has 4 rings (SSSR count). The van der Waals surface area contributed by atoms with Gasteiger partial charge in [0.15, 0.2) is 52.4 Å². The first-order valence-corrected chi connectivity index (χ1v) is 11.1. The van der Waals surface area contributed by atoms with Gasteiger partial charge >= 0.3 is 0 Å². The van der Waals surface area contributed by atoms with Crippen LogP contribution in [0.3, 0.4) is 0 Å². The van der Waals surface area contributed by atoms with Crippen LogP contribution in [-0.4, -0.2) is 11.2 Å². The fourth-order valence-electron chi connectivity index (χ4n) is 4.41. The molecule has 0 aliphatic carbocycles. The molecule has 0 atom stereocenters. The van der Waals surface area contributed by atoms with E-state index in [1.165, 1.54) is 11.4 Å². The van der Waals surface area contributed by atoms with Crippen LogP contribution in [-0.2, 0) is 0 Å². The highest BCUT2D eigenvalue weighted by Crippen LogP contribution is 2.27. The normalized spacial score (nSPS) is 11.6. The van der Waals surface area contributed by atoms with Gasteiger partial charge < -0.3 is 0 Å². The topological polar surface area (TPSA) is 29.9 Å². The third kappa shape index (κ3) is 4.85. The minimum absolute atomic E-state index is 0.213. The van der Waals surface area contributed by atoms with Crippen molar-refractivity contribution >= 4 is 22.5 Å². The molecule has 0 aliphatic rings. The van der Waals surface area contributed by atoms with E-state index in [0.29, 0.717) is 0 Å². The summed E-state index contributed by atoms with van der Waals surface area (Å²) in [6.07, 6.45) is -5.41. The van der Waals surface area contributed by atoms with Crippen molar-refractivity contribution in [2.75, 3.05) is 0 Å². The van der Waals surface area contributed by atoms with Gasteiger partial charge in [0.25, 0.3) is 0 Å². The molecule has 18 heteroatoms. The largest absolute Gasteiger partial charge is 0.207 e. The number of nitrogens with one attached hydrogen (secondary N) is 2. The minimum atomic E-state index is -5.41. The zero-order valence-corrected chi connectivity index (χ0v) is 20.8. The molecule has 0 unspecified atom stereocenters. The molecular weight excluding hydrogens is 612 g/mol. The first-order valence-electron chi connectivity index (χ1n) is 11.1. The number of halogens is 15. The van der Waals surface area contributed by atoms with Crippen LogP contribution in [0.2, 0.25) is 6.82 Å². The smallest absolute Gasteiger partial charge is 0.202 e. The zero-order chi connectivity index (χ0) is 32.2. The first kappa shape index (κ1) is 32.4. The van der Waals surface area contributed by atoms with Gasteiger partial charge in [-0.1, -0.05) is 0 Å². The molecule has 0 aliphatic heterocycles. The summed E-state index contributed by atoms with van der Waals surface area (Å²) < 4.78 is 212. The van der Waals surface area contributed by atoms with E-state index in [0.717, 1.165) is 0 Å². The number of aromatic amines is 2. The van der Waals surface area contributed by atoms with Crippen molar-refractivity contribution in [3.63, 3.8) is 0 Å². The lowest BCUT2D eigenvalue weighted by molar-refractivity contribution is -0.457. The number of hydrogen-bond acceptors (Lipinski definition) is 0. The van der Waals surface area contributed by atoms with Crippen LogP contribution in [0.1, 0.15) is 11.4 Å². The van der Waals surface area contributed by atoms with Crippen molar-refractivity contribution in [2.24, 2.45) is 0 Å². The number of aryl methyl sites for hydroxylation is 2. The summed E-state index contributed by atoms with van der Waals surface area (Å²) in [7, 11) is 0. The van der Waals surface area contributed by atoms with Gasteiger partial charge in [-0.05, 0) is 6.92 Å². The summed E-state index contributed by atoms with van der Waals surface area (Å²) in [6.45, 7) is 3.82. The molecular formula is C24H12BF15N2. The molecule has 0 saturated heterocycles. The average molecular weight is 624 g/mol. The molecule has 3 aromatic carbocycles. The lowest BCUT2D eigenvalue weighted by Gasteiger charge is -2.40. The Hall–Kier alpha value is -4.12. The summed E-state index contributed by atoms with van der Waals surface area (Å²) in [5, 5.41) is 5.89. The Bertz CT molecular complexity index is 1460. The maximum Gasteiger partial charge on any atom is 0.202 e. The van der Waals surface area contributed by atoms with E-state index in [-0.39, 0.29) is 6.82 Å². The highest BCUT2D eigenvalue weighted by molar-refractivity contribution is 7.11. The molecule has 1 heterocycles. The van der Waals surface area contributed by atoms with Gasteiger partial charge in [-0.2, -0.15) is 11.9 Å². The van der Waals surface area contributed by atoms with Gasteiger partial charge in [-0.25, -0.2) is 65.9 Å². The standard InChI is InChI=1S/C19H3BF15.C5H8N2/c1-20(2-5(21)11(27)17(33)12(28)6(2)22,3-7(23)13(29)18(34)14(30)8(3)24)4-9(25)15(31)19(35)16(32)10(4)26;1-4-3-5(2)7-6-4/h1H3;3H,1-2H3,(H,6,7)/q-1;/p+1. The second kappa shape index (κ2) is 11.3. The minimum Gasteiger partial charge on any atom is -0.207 e. The Balaban J connectivity index is 0.000000603. The molecule has 42 heavy (non-hydrogen) atoms. The Morgan fingerprint density at radius 2 is 0.643 bits per heavy atom. The molecule has 0 amide bonds. The number of aromatic nitrogens is 2. The fraction of sp³-hybridized carbons (Fsp3) is 0.125. The lowest BCUT2D eigenvalue weighted by atomic mass is 9.16. The highest BCUT2D eigenvalue weighted by Gasteiger charge is 2.45. The molecule has 0 radical (unpaired) electrons. The van der Waals surface area contributed by atoms with Gasteiger partial charge in [-0.3, -0.25) is 0 Å². The average Bonchev–Trinajstić information content (AvgIpc) is 3.33. The maximum atomic E-state index is 14.6. The third-order valence-electron chi connectivity index (χ3n) is 6.35. The molecule has 0 spiro atoms. The van der Waals surface area contributed by atoms with E-state index in [1.54, 1.807) is 0 Å². The summed E-state index contributed by atoms with van der Waals surface area (Å²) >= 11 is 0. The predicted octanol–water partition coefficient (Wildman–Crippen LogP) is 5.32. The van der Waals surface area contributed by atoms with E-state index in [9.17, 15) is 65.9 Å². The molecule has 1 aromatic heterocycles. The number of hydrogen-bond donors (Lipinski definition) is 1. The Morgan fingerprint density at radius 1 is 0.429 bits per heavy atom. The molecule has 2 nitrogen and oxygen atoms in total. The van der Waals surface area contributed by atoms with Gasteiger partial charge in [0.05, 0.1) is 5.69 Å². The van der Waals surface area contributed by atoms with Crippen molar-refractivity contribution in [1.29, 1.82) is 0 Å². The van der Waals surface area contributed by atoms with Crippen LogP contribution in [0.4, 0.5) is 65.9 Å². The van der Waals surface area contributed by atoms with Crippen molar-refractivity contribution < 1.29 is 71.0 Å². The van der Waals surface area contributed by atoms with Crippen molar-refractivity contribution in [1.82, 2.24) is 5.10 Å². The van der Waals surface area contributed by atoms with Crippen LogP contribution in [0.25, 0.3) is 0 Å². The Morgan fingerprint density at radius 3 is 0.786 bits per heavy atom. The van der Waals surface area contributed by atoms with Crippen LogP contribution in [0, 0.1) is 101 Å². The monoisotopic (exact) mass is 624 g/mol. The van der Waals surface area contributed by atoms with Crippen molar-refractivity contribution in [3.05, 3.63) is 105 Å². The first-order chi connectivity index (χ1) is 19.3. The number of rotatable bonds is 3. The van der Waals surface area contributed by atoms with E-state index in [1.807, 2.05) is 13.8 Å². The molecule has 2 N–H and O–H groups in total. The molecule has 0 bridgehead atoms. The molecule has 0 fully saturated rings. The predicted molar refractivity (Wildman–Crippen MR) is 116 cm³/mol.